The number of carboxylic acid groups (broad SMARTS) is 1. The summed E-state index contributed by atoms with van der Waals surface area (Å²) in [5, 5.41) is 11.5. The van der Waals surface area contributed by atoms with E-state index in [-0.39, 0.29) is 24.3 Å². The number of hydrogen-bond donors (Lipinski definition) is 3. The molecule has 0 aliphatic carbocycles. The van der Waals surface area contributed by atoms with Gasteiger partial charge in [-0.25, -0.2) is 4.79 Å². The highest BCUT2D eigenvalue weighted by atomic mass is 16.4. The Kier molecular flexibility index (Phi) is 6.72. The van der Waals surface area contributed by atoms with Crippen molar-refractivity contribution in [1.29, 1.82) is 0 Å². The van der Waals surface area contributed by atoms with Gasteiger partial charge in [-0.05, 0) is 19.3 Å². The van der Waals surface area contributed by atoms with E-state index in [1.165, 1.54) is 0 Å². The van der Waals surface area contributed by atoms with Crippen LogP contribution >= 0.6 is 0 Å². The zero-order chi connectivity index (χ0) is 12.7. The van der Waals surface area contributed by atoms with E-state index >= 15 is 0 Å². The second-order valence-electron chi connectivity index (χ2n) is 4.28. The Morgan fingerprint density at radius 2 is 1.94 bits per heavy atom. The van der Waals surface area contributed by atoms with Crippen molar-refractivity contribution in [3.63, 3.8) is 0 Å². The summed E-state index contributed by atoms with van der Waals surface area (Å²) in [6, 6.07) is -0.844. The van der Waals surface area contributed by atoms with E-state index in [1.807, 2.05) is 20.8 Å². The SMILES string of the molecule is CC[C@H](C)[C@H](NC(=O)CCC(C)N)C(=O)O. The van der Waals surface area contributed by atoms with E-state index in [9.17, 15) is 9.59 Å². The van der Waals surface area contributed by atoms with Gasteiger partial charge in [0.25, 0.3) is 0 Å². The molecule has 0 fully saturated rings. The summed E-state index contributed by atoms with van der Waals surface area (Å²) < 4.78 is 0. The van der Waals surface area contributed by atoms with Crippen molar-refractivity contribution in [1.82, 2.24) is 5.32 Å². The van der Waals surface area contributed by atoms with Crippen molar-refractivity contribution in [3.05, 3.63) is 0 Å². The summed E-state index contributed by atoms with van der Waals surface area (Å²) in [6.45, 7) is 5.52. The highest BCUT2D eigenvalue weighted by molar-refractivity contribution is 5.83. The van der Waals surface area contributed by atoms with Gasteiger partial charge in [0.2, 0.25) is 5.91 Å². The number of nitrogens with two attached hydrogens (primary N) is 1. The fourth-order valence-electron chi connectivity index (χ4n) is 1.29. The van der Waals surface area contributed by atoms with Gasteiger partial charge in [0.05, 0.1) is 0 Å². The molecule has 4 N–H and O–H groups in total. The molecule has 94 valence electrons. The van der Waals surface area contributed by atoms with Gasteiger partial charge < -0.3 is 16.2 Å². The molecule has 0 aromatic heterocycles. The third-order valence-corrected chi connectivity index (χ3v) is 2.62. The highest BCUT2D eigenvalue weighted by Gasteiger charge is 2.24. The van der Waals surface area contributed by atoms with Crippen LogP contribution in [0.2, 0.25) is 0 Å². The lowest BCUT2D eigenvalue weighted by Crippen LogP contribution is -2.45. The first-order valence-corrected chi connectivity index (χ1v) is 5.66. The van der Waals surface area contributed by atoms with Crippen LogP contribution < -0.4 is 11.1 Å². The molecule has 0 bridgehead atoms. The van der Waals surface area contributed by atoms with Crippen LogP contribution in [0, 0.1) is 5.92 Å². The topological polar surface area (TPSA) is 92.4 Å². The van der Waals surface area contributed by atoms with Gasteiger partial charge in [0, 0.05) is 12.5 Å². The number of carboxylic acids is 1. The lowest BCUT2D eigenvalue weighted by atomic mass is 9.99. The predicted molar refractivity (Wildman–Crippen MR) is 61.9 cm³/mol. The maximum Gasteiger partial charge on any atom is 0.326 e. The third-order valence-electron chi connectivity index (χ3n) is 2.62. The predicted octanol–water partition coefficient (Wildman–Crippen LogP) is 0.729. The summed E-state index contributed by atoms with van der Waals surface area (Å²) in [7, 11) is 0. The minimum atomic E-state index is -0.983. The first kappa shape index (κ1) is 14.9. The van der Waals surface area contributed by atoms with Gasteiger partial charge in [0.15, 0.2) is 0 Å². The van der Waals surface area contributed by atoms with E-state index in [0.717, 1.165) is 0 Å². The molecule has 5 heteroatoms. The fraction of sp³-hybridized carbons (Fsp3) is 0.818. The third kappa shape index (κ3) is 5.70. The molecule has 0 aliphatic rings. The standard InChI is InChI=1S/C11H22N2O3/c1-4-7(2)10(11(15)16)13-9(14)6-5-8(3)12/h7-8,10H,4-6,12H2,1-3H3,(H,13,14)(H,15,16)/t7-,8?,10-/m0/s1. The van der Waals surface area contributed by atoms with Crippen LogP contribution in [0.5, 0.6) is 0 Å². The maximum atomic E-state index is 11.5. The molecule has 0 spiro atoms. The van der Waals surface area contributed by atoms with E-state index in [1.54, 1.807) is 0 Å². The number of hydrogen-bond acceptors (Lipinski definition) is 3. The van der Waals surface area contributed by atoms with Crippen LogP contribution in [0.3, 0.4) is 0 Å². The van der Waals surface area contributed by atoms with Gasteiger partial charge in [-0.1, -0.05) is 20.3 Å². The molecular weight excluding hydrogens is 208 g/mol. The summed E-state index contributed by atoms with van der Waals surface area (Å²) in [5.74, 6) is -1.30. The van der Waals surface area contributed by atoms with Crippen molar-refractivity contribution >= 4 is 11.9 Å². The molecule has 0 aromatic carbocycles. The number of rotatable bonds is 7. The molecule has 0 aromatic rings. The summed E-state index contributed by atoms with van der Waals surface area (Å²) >= 11 is 0. The van der Waals surface area contributed by atoms with Crippen LogP contribution in [0.15, 0.2) is 0 Å². The first-order chi connectivity index (χ1) is 7.38. The van der Waals surface area contributed by atoms with Crippen LogP contribution in [0.4, 0.5) is 0 Å². The van der Waals surface area contributed by atoms with Gasteiger partial charge in [-0.15, -0.1) is 0 Å². The molecule has 3 atom stereocenters. The lowest BCUT2D eigenvalue weighted by molar-refractivity contribution is -0.143. The Labute approximate surface area is 96.4 Å². The average molecular weight is 230 g/mol. The molecule has 1 amide bonds. The largest absolute Gasteiger partial charge is 0.480 e. The van der Waals surface area contributed by atoms with Crippen LogP contribution in [0.1, 0.15) is 40.0 Å². The summed E-state index contributed by atoms with van der Waals surface area (Å²) in [6.07, 6.45) is 1.56. The first-order valence-electron chi connectivity index (χ1n) is 5.66. The Bertz CT molecular complexity index is 241. The number of aliphatic carboxylic acids is 1. The minimum absolute atomic E-state index is 0.0439. The molecule has 0 saturated carbocycles. The van der Waals surface area contributed by atoms with Gasteiger partial charge in [-0.2, -0.15) is 0 Å². The minimum Gasteiger partial charge on any atom is -0.480 e. The van der Waals surface area contributed by atoms with Crippen LogP contribution in [-0.4, -0.2) is 29.1 Å². The molecular formula is C11H22N2O3. The normalized spacial score (nSPS) is 16.2. The van der Waals surface area contributed by atoms with E-state index in [0.29, 0.717) is 12.8 Å². The molecule has 0 saturated heterocycles. The van der Waals surface area contributed by atoms with Crippen molar-refractivity contribution in [2.75, 3.05) is 0 Å². The lowest BCUT2D eigenvalue weighted by Gasteiger charge is -2.20. The van der Waals surface area contributed by atoms with Gasteiger partial charge in [-0.3, -0.25) is 4.79 Å². The van der Waals surface area contributed by atoms with Gasteiger partial charge in [0.1, 0.15) is 6.04 Å². The number of amides is 1. The number of carbonyl (C=O) groups is 2. The molecule has 0 heterocycles. The van der Waals surface area contributed by atoms with Crippen LogP contribution in [0.25, 0.3) is 0 Å². The molecule has 16 heavy (non-hydrogen) atoms. The summed E-state index contributed by atoms with van der Waals surface area (Å²) in [4.78, 5) is 22.4. The van der Waals surface area contributed by atoms with Crippen molar-refractivity contribution in [2.45, 2.75) is 52.1 Å². The second kappa shape index (κ2) is 7.22. The molecule has 0 aliphatic heterocycles. The van der Waals surface area contributed by atoms with Crippen molar-refractivity contribution in [2.24, 2.45) is 11.7 Å². The highest BCUT2D eigenvalue weighted by Crippen LogP contribution is 2.08. The second-order valence-corrected chi connectivity index (χ2v) is 4.28. The average Bonchev–Trinajstić information content (AvgIpc) is 2.21. The monoisotopic (exact) mass is 230 g/mol. The number of nitrogens with one attached hydrogen (secondary N) is 1. The van der Waals surface area contributed by atoms with E-state index in [2.05, 4.69) is 5.32 Å². The van der Waals surface area contributed by atoms with Crippen molar-refractivity contribution in [3.8, 4) is 0 Å². The smallest absolute Gasteiger partial charge is 0.326 e. The molecule has 0 rings (SSSR count). The Balaban J connectivity index is 4.19. The fourth-order valence-corrected chi connectivity index (χ4v) is 1.29. The summed E-state index contributed by atoms with van der Waals surface area (Å²) in [5.41, 5.74) is 5.52. The number of carbonyl (C=O) groups excluding carboxylic acids is 1. The Morgan fingerprint density at radius 1 is 1.38 bits per heavy atom. The maximum absolute atomic E-state index is 11.5. The van der Waals surface area contributed by atoms with Crippen molar-refractivity contribution < 1.29 is 14.7 Å². The zero-order valence-corrected chi connectivity index (χ0v) is 10.2. The molecule has 1 unspecified atom stereocenters. The Morgan fingerprint density at radius 3 is 2.31 bits per heavy atom. The quantitative estimate of drug-likeness (QED) is 0.601. The molecule has 5 nitrogen and oxygen atoms in total. The molecule has 0 radical (unpaired) electrons. The Hall–Kier alpha value is -1.10. The van der Waals surface area contributed by atoms with Crippen LogP contribution in [-0.2, 0) is 9.59 Å². The van der Waals surface area contributed by atoms with E-state index < -0.39 is 12.0 Å². The zero-order valence-electron chi connectivity index (χ0n) is 10.2. The van der Waals surface area contributed by atoms with E-state index in [4.69, 9.17) is 10.8 Å². The van der Waals surface area contributed by atoms with Gasteiger partial charge >= 0.3 is 5.97 Å².